The van der Waals surface area contributed by atoms with E-state index in [2.05, 4.69) is 29.3 Å². The lowest BCUT2D eigenvalue weighted by Crippen LogP contribution is -2.46. The molecule has 25 heavy (non-hydrogen) atoms. The highest BCUT2D eigenvalue weighted by Gasteiger charge is 2.33. The molecule has 2 aliphatic rings. The van der Waals surface area contributed by atoms with Crippen LogP contribution in [0.2, 0.25) is 0 Å². The number of aliphatic hydroxyl groups excluding tert-OH is 1. The first-order valence-electron chi connectivity index (χ1n) is 9.96. The lowest BCUT2D eigenvalue weighted by atomic mass is 9.76. The van der Waals surface area contributed by atoms with Crippen LogP contribution in [0.15, 0.2) is 24.3 Å². The Morgan fingerprint density at radius 1 is 1.16 bits per heavy atom. The van der Waals surface area contributed by atoms with E-state index in [4.69, 9.17) is 0 Å². The Balaban J connectivity index is 1.53. The van der Waals surface area contributed by atoms with Crippen LogP contribution in [0.25, 0.3) is 0 Å². The van der Waals surface area contributed by atoms with Gasteiger partial charge in [-0.15, -0.1) is 0 Å². The molecule has 0 aromatic heterocycles. The van der Waals surface area contributed by atoms with Gasteiger partial charge in [0.1, 0.15) is 0 Å². The average Bonchev–Trinajstić information content (AvgIpc) is 2.86. The first kappa shape index (κ1) is 18.4. The molecule has 0 bridgehead atoms. The van der Waals surface area contributed by atoms with Gasteiger partial charge in [0.05, 0.1) is 6.10 Å². The SMILES string of the molecule is CC[C@H](NC(=O)c1ccc(CN2CCCCCC2)cc1)C1CC(O)C1. The summed E-state index contributed by atoms with van der Waals surface area (Å²) in [4.78, 5) is 15.0. The summed E-state index contributed by atoms with van der Waals surface area (Å²) >= 11 is 0. The minimum Gasteiger partial charge on any atom is -0.393 e. The zero-order valence-electron chi connectivity index (χ0n) is 15.4. The molecule has 2 fully saturated rings. The molecular weight excluding hydrogens is 312 g/mol. The van der Waals surface area contributed by atoms with Crippen molar-refractivity contribution in [3.05, 3.63) is 35.4 Å². The summed E-state index contributed by atoms with van der Waals surface area (Å²) in [5.74, 6) is 0.431. The summed E-state index contributed by atoms with van der Waals surface area (Å²) in [6.45, 7) is 5.46. The molecule has 0 unspecified atom stereocenters. The summed E-state index contributed by atoms with van der Waals surface area (Å²) in [5.41, 5.74) is 2.02. The largest absolute Gasteiger partial charge is 0.393 e. The molecule has 4 nitrogen and oxygen atoms in total. The van der Waals surface area contributed by atoms with E-state index in [0.29, 0.717) is 5.92 Å². The van der Waals surface area contributed by atoms with E-state index in [1.165, 1.54) is 44.3 Å². The second-order valence-electron chi connectivity index (χ2n) is 7.76. The van der Waals surface area contributed by atoms with Crippen molar-refractivity contribution in [3.63, 3.8) is 0 Å². The van der Waals surface area contributed by atoms with Crippen LogP contribution in [-0.2, 0) is 6.54 Å². The summed E-state index contributed by atoms with van der Waals surface area (Å²) < 4.78 is 0. The average molecular weight is 344 g/mol. The highest BCUT2D eigenvalue weighted by molar-refractivity contribution is 5.94. The molecule has 2 N–H and O–H groups in total. The molecule has 138 valence electrons. The number of nitrogens with zero attached hydrogens (tertiary/aromatic N) is 1. The first-order chi connectivity index (χ1) is 12.2. The Bertz CT molecular complexity index is 544. The van der Waals surface area contributed by atoms with Gasteiger partial charge in [-0.3, -0.25) is 9.69 Å². The molecule has 1 aromatic rings. The number of rotatable bonds is 6. The van der Waals surface area contributed by atoms with Crippen molar-refractivity contribution >= 4 is 5.91 Å². The van der Waals surface area contributed by atoms with E-state index in [9.17, 15) is 9.90 Å². The van der Waals surface area contributed by atoms with Gasteiger partial charge >= 0.3 is 0 Å². The predicted octanol–water partition coefficient (Wildman–Crippen LogP) is 3.34. The van der Waals surface area contributed by atoms with Gasteiger partial charge in [0.15, 0.2) is 0 Å². The predicted molar refractivity (Wildman–Crippen MR) is 100 cm³/mol. The topological polar surface area (TPSA) is 52.6 Å². The third kappa shape index (κ3) is 5.05. The Kier molecular flexibility index (Phi) is 6.49. The van der Waals surface area contributed by atoms with Crippen molar-refractivity contribution in [2.45, 2.75) is 70.6 Å². The molecule has 4 heteroatoms. The second-order valence-corrected chi connectivity index (χ2v) is 7.76. The van der Waals surface area contributed by atoms with Crippen LogP contribution in [0.3, 0.4) is 0 Å². The molecule has 0 spiro atoms. The first-order valence-corrected chi connectivity index (χ1v) is 9.96. The fourth-order valence-electron chi connectivity index (χ4n) is 4.08. The number of carbonyl (C=O) groups is 1. The molecule has 1 aromatic carbocycles. The number of nitrogens with one attached hydrogen (secondary N) is 1. The quantitative estimate of drug-likeness (QED) is 0.832. The van der Waals surface area contributed by atoms with Gasteiger partial charge in [-0.05, 0) is 68.8 Å². The van der Waals surface area contributed by atoms with E-state index >= 15 is 0 Å². The van der Waals surface area contributed by atoms with Crippen LogP contribution in [0.4, 0.5) is 0 Å². The van der Waals surface area contributed by atoms with Crippen molar-refractivity contribution in [3.8, 4) is 0 Å². The van der Waals surface area contributed by atoms with E-state index in [-0.39, 0.29) is 18.1 Å². The van der Waals surface area contributed by atoms with Crippen molar-refractivity contribution in [2.24, 2.45) is 5.92 Å². The van der Waals surface area contributed by atoms with E-state index in [1.807, 2.05) is 12.1 Å². The zero-order valence-corrected chi connectivity index (χ0v) is 15.4. The maximum Gasteiger partial charge on any atom is 0.251 e. The summed E-state index contributed by atoms with van der Waals surface area (Å²) in [6, 6.07) is 8.25. The minimum absolute atomic E-state index is 0.00885. The van der Waals surface area contributed by atoms with Crippen LogP contribution in [0, 0.1) is 5.92 Å². The maximum absolute atomic E-state index is 12.5. The van der Waals surface area contributed by atoms with Gasteiger partial charge in [-0.25, -0.2) is 0 Å². The van der Waals surface area contributed by atoms with Crippen LogP contribution < -0.4 is 5.32 Å². The molecule has 1 saturated heterocycles. The third-order valence-corrected chi connectivity index (χ3v) is 5.80. The maximum atomic E-state index is 12.5. The van der Waals surface area contributed by atoms with Crippen LogP contribution >= 0.6 is 0 Å². The van der Waals surface area contributed by atoms with Crippen molar-refractivity contribution in [1.29, 1.82) is 0 Å². The molecule has 1 saturated carbocycles. The lowest BCUT2D eigenvalue weighted by molar-refractivity contribution is 0.0232. The Morgan fingerprint density at radius 2 is 1.80 bits per heavy atom. The summed E-state index contributed by atoms with van der Waals surface area (Å²) in [5, 5.41) is 12.6. The zero-order chi connectivity index (χ0) is 17.6. The number of hydrogen-bond donors (Lipinski definition) is 2. The fraction of sp³-hybridized carbons (Fsp3) is 0.667. The Hall–Kier alpha value is -1.39. The van der Waals surface area contributed by atoms with Gasteiger partial charge in [0.25, 0.3) is 5.91 Å². The second kappa shape index (κ2) is 8.81. The van der Waals surface area contributed by atoms with Crippen molar-refractivity contribution in [2.75, 3.05) is 13.1 Å². The van der Waals surface area contributed by atoms with Crippen LogP contribution in [0.5, 0.6) is 0 Å². The fourth-order valence-corrected chi connectivity index (χ4v) is 4.08. The molecule has 1 heterocycles. The van der Waals surface area contributed by atoms with Gasteiger partial charge in [-0.1, -0.05) is 31.9 Å². The monoisotopic (exact) mass is 344 g/mol. The highest BCUT2D eigenvalue weighted by atomic mass is 16.3. The Labute approximate surface area is 151 Å². The normalized spacial score (nSPS) is 25.7. The van der Waals surface area contributed by atoms with Crippen molar-refractivity contribution in [1.82, 2.24) is 10.2 Å². The highest BCUT2D eigenvalue weighted by Crippen LogP contribution is 2.31. The summed E-state index contributed by atoms with van der Waals surface area (Å²) in [7, 11) is 0. The van der Waals surface area contributed by atoms with E-state index < -0.39 is 0 Å². The minimum atomic E-state index is -0.172. The molecule has 1 amide bonds. The van der Waals surface area contributed by atoms with E-state index in [1.54, 1.807) is 0 Å². The number of carbonyl (C=O) groups excluding carboxylic acids is 1. The van der Waals surface area contributed by atoms with Gasteiger partial charge in [0, 0.05) is 18.2 Å². The number of benzene rings is 1. The standard InChI is InChI=1S/C21H32N2O2/c1-2-20(18-13-19(24)14-18)22-21(25)17-9-7-16(8-10-17)15-23-11-5-3-4-6-12-23/h7-10,18-20,24H,2-6,11-15H2,1H3,(H,22,25)/t18?,19?,20-/m0/s1. The molecule has 1 aliphatic carbocycles. The third-order valence-electron chi connectivity index (χ3n) is 5.80. The Morgan fingerprint density at radius 3 is 2.36 bits per heavy atom. The lowest BCUT2D eigenvalue weighted by Gasteiger charge is -2.37. The van der Waals surface area contributed by atoms with Gasteiger partial charge < -0.3 is 10.4 Å². The number of amides is 1. The molecule has 0 radical (unpaired) electrons. The van der Waals surface area contributed by atoms with Crippen LogP contribution in [0.1, 0.15) is 67.8 Å². The van der Waals surface area contributed by atoms with Gasteiger partial charge in [0.2, 0.25) is 0 Å². The molecule has 1 atom stereocenters. The summed E-state index contributed by atoms with van der Waals surface area (Å²) in [6.07, 6.45) is 7.67. The molecule has 1 aliphatic heterocycles. The van der Waals surface area contributed by atoms with Crippen molar-refractivity contribution < 1.29 is 9.90 Å². The van der Waals surface area contributed by atoms with Gasteiger partial charge in [-0.2, -0.15) is 0 Å². The molecular formula is C21H32N2O2. The number of aliphatic hydroxyl groups is 1. The van der Waals surface area contributed by atoms with E-state index in [0.717, 1.165) is 31.4 Å². The molecule has 3 rings (SSSR count). The van der Waals surface area contributed by atoms with Crippen LogP contribution in [-0.4, -0.2) is 41.1 Å². The number of likely N-dealkylation sites (tertiary alicyclic amines) is 1. The smallest absolute Gasteiger partial charge is 0.251 e. The number of hydrogen-bond acceptors (Lipinski definition) is 3.